The fourth-order valence-corrected chi connectivity index (χ4v) is 3.31. The molecule has 0 fully saturated rings. The van der Waals surface area contributed by atoms with Crippen molar-refractivity contribution < 1.29 is 0 Å². The van der Waals surface area contributed by atoms with Crippen LogP contribution in [0.1, 0.15) is 0 Å². The van der Waals surface area contributed by atoms with Crippen LogP contribution in [0.2, 0.25) is 0 Å². The lowest BCUT2D eigenvalue weighted by atomic mass is 10.1. The highest BCUT2D eigenvalue weighted by atomic mass is 79.9. The molecule has 0 radical (unpaired) electrons. The fourth-order valence-electron chi connectivity index (χ4n) is 2.01. The van der Waals surface area contributed by atoms with Crippen LogP contribution < -0.4 is 5.73 Å². The molecule has 5 heteroatoms. The first-order valence-electron chi connectivity index (χ1n) is 6.01. The Kier molecular flexibility index (Phi) is 3.63. The maximum Gasteiger partial charge on any atom is 0.127 e. The predicted molar refractivity (Wildman–Crippen MR) is 88.8 cm³/mol. The van der Waals surface area contributed by atoms with E-state index in [4.69, 9.17) is 5.73 Å². The van der Waals surface area contributed by atoms with Crippen molar-refractivity contribution in [3.8, 4) is 16.9 Å². The average Bonchev–Trinajstić information content (AvgIpc) is 2.81. The smallest absolute Gasteiger partial charge is 0.127 e. The van der Waals surface area contributed by atoms with Crippen LogP contribution in [0.3, 0.4) is 0 Å². The van der Waals surface area contributed by atoms with Crippen LogP contribution in [0.5, 0.6) is 0 Å². The minimum Gasteiger partial charge on any atom is -0.384 e. The van der Waals surface area contributed by atoms with E-state index in [2.05, 4.69) is 37.0 Å². The second-order valence-corrected chi connectivity index (χ2v) is 6.19. The van der Waals surface area contributed by atoms with E-state index < -0.39 is 0 Å². The highest BCUT2D eigenvalue weighted by molar-refractivity contribution is 9.11. The van der Waals surface area contributed by atoms with E-state index in [0.717, 1.165) is 25.9 Å². The predicted octanol–water partition coefficient (Wildman–Crippen LogP) is 4.65. The van der Waals surface area contributed by atoms with Gasteiger partial charge in [-0.2, -0.15) is 5.10 Å². The van der Waals surface area contributed by atoms with Gasteiger partial charge < -0.3 is 5.73 Å². The summed E-state index contributed by atoms with van der Waals surface area (Å²) in [4.78, 5) is 0. The molecule has 0 amide bonds. The summed E-state index contributed by atoms with van der Waals surface area (Å²) in [6, 6.07) is 17.7. The van der Waals surface area contributed by atoms with Gasteiger partial charge in [0.15, 0.2) is 0 Å². The molecule has 0 saturated heterocycles. The van der Waals surface area contributed by atoms with E-state index in [9.17, 15) is 0 Å². The molecule has 100 valence electrons. The van der Waals surface area contributed by atoms with Crippen molar-refractivity contribution >= 4 is 37.7 Å². The van der Waals surface area contributed by atoms with Gasteiger partial charge >= 0.3 is 0 Å². The molecule has 1 aromatic heterocycles. The zero-order valence-corrected chi connectivity index (χ0v) is 13.6. The number of nitrogens with two attached hydrogens (primary N) is 1. The average molecular weight is 393 g/mol. The lowest BCUT2D eigenvalue weighted by Gasteiger charge is -2.03. The topological polar surface area (TPSA) is 43.8 Å². The number of benzene rings is 2. The zero-order valence-electron chi connectivity index (χ0n) is 10.4. The minimum absolute atomic E-state index is 0.613. The van der Waals surface area contributed by atoms with E-state index in [1.54, 1.807) is 4.68 Å². The molecule has 1 heterocycles. The van der Waals surface area contributed by atoms with Gasteiger partial charge in [0.25, 0.3) is 0 Å². The number of nitrogen functional groups attached to an aromatic ring is 1. The Labute approximate surface area is 133 Å². The summed E-state index contributed by atoms with van der Waals surface area (Å²) in [7, 11) is 0. The van der Waals surface area contributed by atoms with Gasteiger partial charge in [-0.25, -0.2) is 4.68 Å². The van der Waals surface area contributed by atoms with Crippen LogP contribution in [0, 0.1) is 0 Å². The van der Waals surface area contributed by atoms with Crippen LogP contribution in [-0.4, -0.2) is 9.78 Å². The highest BCUT2D eigenvalue weighted by Gasteiger charge is 2.09. The van der Waals surface area contributed by atoms with Crippen LogP contribution in [-0.2, 0) is 0 Å². The molecule has 0 aliphatic heterocycles. The van der Waals surface area contributed by atoms with Gasteiger partial charge in [0.05, 0.1) is 11.4 Å². The molecule has 3 rings (SSSR count). The van der Waals surface area contributed by atoms with Crippen molar-refractivity contribution in [3.63, 3.8) is 0 Å². The van der Waals surface area contributed by atoms with Crippen LogP contribution in [0.4, 0.5) is 5.82 Å². The van der Waals surface area contributed by atoms with Crippen molar-refractivity contribution in [1.82, 2.24) is 9.78 Å². The third-order valence-corrected chi connectivity index (χ3v) is 3.81. The highest BCUT2D eigenvalue weighted by Crippen LogP contribution is 2.28. The van der Waals surface area contributed by atoms with Crippen molar-refractivity contribution in [2.75, 3.05) is 5.73 Å². The Morgan fingerprint density at radius 3 is 2.20 bits per heavy atom. The van der Waals surface area contributed by atoms with Gasteiger partial charge in [0.1, 0.15) is 5.82 Å². The summed E-state index contributed by atoms with van der Waals surface area (Å²) in [6.45, 7) is 0. The monoisotopic (exact) mass is 391 g/mol. The number of para-hydroxylation sites is 1. The van der Waals surface area contributed by atoms with Gasteiger partial charge in [-0.1, -0.05) is 50.1 Å². The first-order chi connectivity index (χ1) is 9.63. The Balaban J connectivity index is 2.09. The van der Waals surface area contributed by atoms with Crippen molar-refractivity contribution in [1.29, 1.82) is 0 Å². The van der Waals surface area contributed by atoms with Crippen LogP contribution >= 0.6 is 31.9 Å². The quantitative estimate of drug-likeness (QED) is 0.689. The molecule has 0 spiro atoms. The second kappa shape index (κ2) is 5.42. The molecule has 2 aromatic carbocycles. The third kappa shape index (κ3) is 2.64. The zero-order chi connectivity index (χ0) is 14.1. The molecule has 3 aromatic rings. The summed E-state index contributed by atoms with van der Waals surface area (Å²) in [6.07, 6.45) is 0. The normalized spacial score (nSPS) is 10.7. The van der Waals surface area contributed by atoms with Crippen molar-refractivity contribution in [2.45, 2.75) is 0 Å². The standard InChI is InChI=1S/C15H11Br2N3/c16-11-6-10(7-12(17)8-11)14-9-15(18)20(19-14)13-4-2-1-3-5-13/h1-9H,18H2. The minimum atomic E-state index is 0.613. The van der Waals surface area contributed by atoms with E-state index in [1.807, 2.05) is 54.6 Å². The summed E-state index contributed by atoms with van der Waals surface area (Å²) in [5, 5.41) is 4.58. The Hall–Kier alpha value is -1.59. The van der Waals surface area contributed by atoms with Gasteiger partial charge in [-0.05, 0) is 30.3 Å². The van der Waals surface area contributed by atoms with E-state index in [0.29, 0.717) is 5.82 Å². The van der Waals surface area contributed by atoms with Gasteiger partial charge in [-0.3, -0.25) is 0 Å². The molecule has 0 aliphatic rings. The van der Waals surface area contributed by atoms with E-state index >= 15 is 0 Å². The molecule has 0 atom stereocenters. The van der Waals surface area contributed by atoms with Gasteiger partial charge in [-0.15, -0.1) is 0 Å². The summed E-state index contributed by atoms with van der Waals surface area (Å²) in [5.74, 6) is 0.613. The molecular formula is C15H11Br2N3. The molecule has 0 saturated carbocycles. The maximum atomic E-state index is 6.06. The number of hydrogen-bond acceptors (Lipinski definition) is 2. The van der Waals surface area contributed by atoms with Crippen LogP contribution in [0.25, 0.3) is 16.9 Å². The molecule has 0 unspecified atom stereocenters. The number of aromatic nitrogens is 2. The SMILES string of the molecule is Nc1cc(-c2cc(Br)cc(Br)c2)nn1-c1ccccc1. The van der Waals surface area contributed by atoms with Crippen molar-refractivity contribution in [3.05, 3.63) is 63.5 Å². The van der Waals surface area contributed by atoms with Gasteiger partial charge in [0.2, 0.25) is 0 Å². The Morgan fingerprint density at radius 2 is 1.55 bits per heavy atom. The molecule has 0 bridgehead atoms. The fraction of sp³-hybridized carbons (Fsp3) is 0. The molecule has 3 nitrogen and oxygen atoms in total. The summed E-state index contributed by atoms with van der Waals surface area (Å²) in [5.41, 5.74) is 8.86. The third-order valence-electron chi connectivity index (χ3n) is 2.90. The number of hydrogen-bond donors (Lipinski definition) is 1. The van der Waals surface area contributed by atoms with E-state index in [-0.39, 0.29) is 0 Å². The number of nitrogens with zero attached hydrogens (tertiary/aromatic N) is 2. The second-order valence-electron chi connectivity index (χ2n) is 4.36. The van der Waals surface area contributed by atoms with Gasteiger partial charge in [0, 0.05) is 20.6 Å². The Bertz CT molecular complexity index is 731. The molecule has 2 N–H and O–H groups in total. The number of halogens is 2. The lowest BCUT2D eigenvalue weighted by Crippen LogP contribution is -2.01. The largest absolute Gasteiger partial charge is 0.384 e. The molecule has 0 aliphatic carbocycles. The number of rotatable bonds is 2. The van der Waals surface area contributed by atoms with Crippen molar-refractivity contribution in [2.24, 2.45) is 0 Å². The molecule has 20 heavy (non-hydrogen) atoms. The summed E-state index contributed by atoms with van der Waals surface area (Å²) >= 11 is 6.97. The maximum absolute atomic E-state index is 6.06. The lowest BCUT2D eigenvalue weighted by molar-refractivity contribution is 0.895. The summed E-state index contributed by atoms with van der Waals surface area (Å²) < 4.78 is 3.73. The molecular weight excluding hydrogens is 382 g/mol. The Morgan fingerprint density at radius 1 is 0.900 bits per heavy atom. The van der Waals surface area contributed by atoms with E-state index in [1.165, 1.54) is 0 Å². The first kappa shape index (κ1) is 13.4. The van der Waals surface area contributed by atoms with Crippen LogP contribution in [0.15, 0.2) is 63.5 Å². The number of anilines is 1. The first-order valence-corrected chi connectivity index (χ1v) is 7.59.